The lowest BCUT2D eigenvalue weighted by molar-refractivity contribution is -0.147. The SMILES string of the molecule is CCCCCN1C(=O)[C@]2(c3ccccc31)c1[nH]c3ccccc3c1C[C@@H](C)N2C(=O)CC. The van der Waals surface area contributed by atoms with Crippen molar-refractivity contribution in [3.63, 3.8) is 0 Å². The number of carbonyl (C=O) groups is 2. The van der Waals surface area contributed by atoms with Gasteiger partial charge in [0, 0.05) is 35.5 Å². The molecule has 3 aromatic rings. The van der Waals surface area contributed by atoms with Crippen LogP contribution in [-0.4, -0.2) is 34.3 Å². The van der Waals surface area contributed by atoms with Gasteiger partial charge in [-0.2, -0.15) is 0 Å². The van der Waals surface area contributed by atoms with Gasteiger partial charge in [0.25, 0.3) is 5.91 Å². The van der Waals surface area contributed by atoms with Crippen LogP contribution in [0.1, 0.15) is 63.3 Å². The lowest BCUT2D eigenvalue weighted by Gasteiger charge is -2.47. The zero-order valence-electron chi connectivity index (χ0n) is 19.1. The monoisotopic (exact) mass is 429 g/mol. The third kappa shape index (κ3) is 2.70. The molecule has 1 N–H and O–H groups in total. The molecule has 166 valence electrons. The van der Waals surface area contributed by atoms with Crippen molar-refractivity contribution in [3.05, 3.63) is 65.4 Å². The smallest absolute Gasteiger partial charge is 0.264 e. The number of hydrogen-bond donors (Lipinski definition) is 1. The third-order valence-corrected chi connectivity index (χ3v) is 7.17. The molecule has 5 heteroatoms. The molecule has 0 fully saturated rings. The lowest BCUT2D eigenvalue weighted by atomic mass is 9.77. The zero-order chi connectivity index (χ0) is 22.5. The molecular weight excluding hydrogens is 398 g/mol. The van der Waals surface area contributed by atoms with E-state index >= 15 is 0 Å². The number of aromatic amines is 1. The van der Waals surface area contributed by atoms with Gasteiger partial charge in [-0.1, -0.05) is 63.1 Å². The third-order valence-electron chi connectivity index (χ3n) is 7.17. The summed E-state index contributed by atoms with van der Waals surface area (Å²) in [6.45, 7) is 6.80. The Morgan fingerprint density at radius 2 is 1.84 bits per heavy atom. The largest absolute Gasteiger partial charge is 0.355 e. The Balaban J connectivity index is 1.81. The van der Waals surface area contributed by atoms with Gasteiger partial charge in [0.15, 0.2) is 5.54 Å². The molecule has 0 radical (unpaired) electrons. The van der Waals surface area contributed by atoms with Crippen LogP contribution in [0.4, 0.5) is 5.69 Å². The Hall–Kier alpha value is -3.08. The second kappa shape index (κ2) is 7.80. The van der Waals surface area contributed by atoms with Crippen molar-refractivity contribution >= 4 is 28.4 Å². The summed E-state index contributed by atoms with van der Waals surface area (Å²) < 4.78 is 0. The Bertz CT molecular complexity index is 1200. The van der Waals surface area contributed by atoms with Gasteiger partial charge >= 0.3 is 0 Å². The molecule has 0 saturated carbocycles. The van der Waals surface area contributed by atoms with Crippen LogP contribution in [0.15, 0.2) is 48.5 Å². The van der Waals surface area contributed by atoms with E-state index in [1.54, 1.807) is 0 Å². The first-order valence-electron chi connectivity index (χ1n) is 11.9. The number of carbonyl (C=O) groups excluding carboxylic acids is 2. The summed E-state index contributed by atoms with van der Waals surface area (Å²) in [5, 5.41) is 1.15. The number of amides is 2. The van der Waals surface area contributed by atoms with E-state index in [0.717, 1.165) is 59.1 Å². The number of aromatic nitrogens is 1. The van der Waals surface area contributed by atoms with E-state index in [9.17, 15) is 9.59 Å². The fraction of sp³-hybridized carbons (Fsp3) is 0.407. The van der Waals surface area contributed by atoms with Gasteiger partial charge in [-0.25, -0.2) is 0 Å². The van der Waals surface area contributed by atoms with Gasteiger partial charge in [0.1, 0.15) is 0 Å². The van der Waals surface area contributed by atoms with E-state index in [4.69, 9.17) is 0 Å². The maximum Gasteiger partial charge on any atom is 0.264 e. The molecule has 0 saturated heterocycles. The van der Waals surface area contributed by atoms with Crippen molar-refractivity contribution in [1.29, 1.82) is 0 Å². The van der Waals surface area contributed by atoms with Gasteiger partial charge in [-0.3, -0.25) is 9.59 Å². The predicted molar refractivity (Wildman–Crippen MR) is 128 cm³/mol. The summed E-state index contributed by atoms with van der Waals surface area (Å²) in [6.07, 6.45) is 4.22. The van der Waals surface area contributed by atoms with Crippen LogP contribution < -0.4 is 4.90 Å². The number of unbranched alkanes of at least 4 members (excludes halogenated alkanes) is 2. The van der Waals surface area contributed by atoms with Crippen LogP contribution in [-0.2, 0) is 21.5 Å². The number of nitrogens with one attached hydrogen (secondary N) is 1. The fourth-order valence-corrected chi connectivity index (χ4v) is 5.81. The van der Waals surface area contributed by atoms with E-state index in [-0.39, 0.29) is 17.9 Å². The predicted octanol–water partition coefficient (Wildman–Crippen LogP) is 5.13. The molecule has 1 spiro atoms. The van der Waals surface area contributed by atoms with Crippen molar-refractivity contribution < 1.29 is 9.59 Å². The normalized spacial score (nSPS) is 22.0. The molecule has 5 rings (SSSR count). The number of fused-ring (bicyclic) bond motifs is 6. The van der Waals surface area contributed by atoms with Crippen molar-refractivity contribution in [2.45, 2.75) is 64.5 Å². The Morgan fingerprint density at radius 3 is 2.62 bits per heavy atom. The highest BCUT2D eigenvalue weighted by atomic mass is 16.2. The van der Waals surface area contributed by atoms with Crippen molar-refractivity contribution in [2.75, 3.05) is 11.4 Å². The van der Waals surface area contributed by atoms with Crippen LogP contribution in [0.5, 0.6) is 0 Å². The highest BCUT2D eigenvalue weighted by Crippen LogP contribution is 2.53. The first kappa shape index (κ1) is 20.8. The minimum atomic E-state index is -1.14. The highest BCUT2D eigenvalue weighted by molar-refractivity contribution is 6.12. The summed E-state index contributed by atoms with van der Waals surface area (Å²) >= 11 is 0. The minimum Gasteiger partial charge on any atom is -0.355 e. The Kier molecular flexibility index (Phi) is 5.07. The molecule has 0 bridgehead atoms. The molecule has 2 atom stereocenters. The van der Waals surface area contributed by atoms with Gasteiger partial charge < -0.3 is 14.8 Å². The number of nitrogens with zero attached hydrogens (tertiary/aromatic N) is 2. The number of benzene rings is 2. The number of para-hydroxylation sites is 2. The van der Waals surface area contributed by atoms with Gasteiger partial charge in [0.05, 0.1) is 11.4 Å². The summed E-state index contributed by atoms with van der Waals surface area (Å²) in [5.74, 6) is 0.0105. The van der Waals surface area contributed by atoms with Crippen LogP contribution in [0.2, 0.25) is 0 Å². The van der Waals surface area contributed by atoms with E-state index < -0.39 is 5.54 Å². The summed E-state index contributed by atoms with van der Waals surface area (Å²) in [5.41, 5.74) is 3.76. The maximum atomic E-state index is 14.5. The molecule has 2 aliphatic heterocycles. The first-order valence-corrected chi connectivity index (χ1v) is 11.9. The summed E-state index contributed by atoms with van der Waals surface area (Å²) in [4.78, 5) is 35.3. The van der Waals surface area contributed by atoms with Gasteiger partial charge in [-0.15, -0.1) is 0 Å². The van der Waals surface area contributed by atoms with E-state index in [2.05, 4.69) is 31.0 Å². The number of rotatable bonds is 5. The standard InChI is InChI=1S/C27H31N3O2/c1-4-6-11-16-29-23-15-10-8-13-21(23)27(26(29)32)25-20(17-18(3)30(27)24(31)5-2)19-12-7-9-14-22(19)28-25/h7-10,12-15,18,28H,4-6,11,16-17H2,1-3H3/t18-,27+/m1/s1. The lowest BCUT2D eigenvalue weighted by Crippen LogP contribution is -2.62. The van der Waals surface area contributed by atoms with Crippen LogP contribution in [0, 0.1) is 0 Å². The number of H-pyrrole nitrogens is 1. The quantitative estimate of drug-likeness (QED) is 0.572. The Morgan fingerprint density at radius 1 is 1.09 bits per heavy atom. The van der Waals surface area contributed by atoms with Crippen LogP contribution in [0.3, 0.4) is 0 Å². The Labute approximate surface area is 189 Å². The van der Waals surface area contributed by atoms with Crippen molar-refractivity contribution in [3.8, 4) is 0 Å². The van der Waals surface area contributed by atoms with Gasteiger partial charge in [-0.05, 0) is 37.5 Å². The summed E-state index contributed by atoms with van der Waals surface area (Å²) in [6, 6.07) is 16.2. The van der Waals surface area contributed by atoms with Crippen LogP contribution in [0.25, 0.3) is 10.9 Å². The first-order chi connectivity index (χ1) is 15.6. The van der Waals surface area contributed by atoms with E-state index in [1.165, 1.54) is 0 Å². The minimum absolute atomic E-state index is 0.00374. The molecule has 32 heavy (non-hydrogen) atoms. The molecule has 2 amide bonds. The summed E-state index contributed by atoms with van der Waals surface area (Å²) in [7, 11) is 0. The average Bonchev–Trinajstić information content (AvgIpc) is 3.29. The van der Waals surface area contributed by atoms with Crippen molar-refractivity contribution in [2.24, 2.45) is 0 Å². The molecule has 2 aromatic carbocycles. The van der Waals surface area contributed by atoms with E-state index in [0.29, 0.717) is 13.0 Å². The molecule has 2 aliphatic rings. The maximum absolute atomic E-state index is 14.5. The molecule has 0 unspecified atom stereocenters. The molecule has 3 heterocycles. The highest BCUT2D eigenvalue weighted by Gasteiger charge is 2.61. The zero-order valence-corrected chi connectivity index (χ0v) is 19.1. The topological polar surface area (TPSA) is 56.4 Å². The van der Waals surface area contributed by atoms with E-state index in [1.807, 2.05) is 53.1 Å². The molecule has 1 aromatic heterocycles. The number of anilines is 1. The second-order valence-electron chi connectivity index (χ2n) is 9.09. The van der Waals surface area contributed by atoms with Crippen LogP contribution >= 0.6 is 0 Å². The van der Waals surface area contributed by atoms with Gasteiger partial charge in [0.2, 0.25) is 5.91 Å². The molecular formula is C27H31N3O2. The van der Waals surface area contributed by atoms with Crippen molar-refractivity contribution in [1.82, 2.24) is 9.88 Å². The number of hydrogen-bond acceptors (Lipinski definition) is 2. The molecule has 0 aliphatic carbocycles. The average molecular weight is 430 g/mol. The second-order valence-corrected chi connectivity index (χ2v) is 9.09. The molecule has 5 nitrogen and oxygen atoms in total. The fourth-order valence-electron chi connectivity index (χ4n) is 5.81.